The molecular weight excluding hydrogens is 366 g/mol. The van der Waals surface area contributed by atoms with Gasteiger partial charge in [0, 0.05) is 29.1 Å². The number of anilines is 2. The first-order valence-corrected chi connectivity index (χ1v) is 9.59. The van der Waals surface area contributed by atoms with Gasteiger partial charge in [0.15, 0.2) is 0 Å². The van der Waals surface area contributed by atoms with Crippen LogP contribution in [0.5, 0.6) is 0 Å². The maximum Gasteiger partial charge on any atom is 0.326 e. The lowest BCUT2D eigenvalue weighted by atomic mass is 9.89. The smallest absolute Gasteiger partial charge is 0.326 e. The summed E-state index contributed by atoms with van der Waals surface area (Å²) < 4.78 is 0. The number of carbonyl (C=O) groups excluding carboxylic acids is 1. The molecular formula is C18H23N5O3S. The molecule has 2 aromatic rings. The van der Waals surface area contributed by atoms with E-state index in [1.807, 2.05) is 6.07 Å². The Morgan fingerprint density at radius 2 is 2.11 bits per heavy atom. The summed E-state index contributed by atoms with van der Waals surface area (Å²) >= 11 is 1.38. The van der Waals surface area contributed by atoms with Crippen LogP contribution in [0.3, 0.4) is 0 Å². The topological polar surface area (TPSA) is 130 Å². The number of carbonyl (C=O) groups is 2. The van der Waals surface area contributed by atoms with Gasteiger partial charge < -0.3 is 21.5 Å². The zero-order valence-corrected chi connectivity index (χ0v) is 16.2. The van der Waals surface area contributed by atoms with Crippen LogP contribution < -0.4 is 16.4 Å². The largest absolute Gasteiger partial charge is 0.480 e. The monoisotopic (exact) mass is 389 g/mol. The molecule has 0 fully saturated rings. The molecule has 1 amide bonds. The molecule has 8 nitrogen and oxygen atoms in total. The molecule has 0 aliphatic carbocycles. The Hall–Kier alpha value is -2.68. The summed E-state index contributed by atoms with van der Waals surface area (Å²) in [7, 11) is 0. The van der Waals surface area contributed by atoms with E-state index in [0.29, 0.717) is 4.88 Å². The third-order valence-corrected chi connectivity index (χ3v) is 6.13. The number of aromatic nitrogens is 2. The number of nitrogens with two attached hydrogens (primary N) is 1. The van der Waals surface area contributed by atoms with Gasteiger partial charge >= 0.3 is 5.97 Å². The van der Waals surface area contributed by atoms with Crippen LogP contribution in [0.2, 0.25) is 0 Å². The van der Waals surface area contributed by atoms with Gasteiger partial charge in [-0.05, 0) is 24.0 Å². The van der Waals surface area contributed by atoms with Crippen molar-refractivity contribution in [1.29, 1.82) is 0 Å². The van der Waals surface area contributed by atoms with E-state index in [9.17, 15) is 14.7 Å². The Bertz CT molecular complexity index is 866. The molecule has 0 saturated heterocycles. The molecule has 1 aliphatic rings. The Balaban J connectivity index is 1.74. The third-order valence-electron chi connectivity index (χ3n) is 4.85. The minimum Gasteiger partial charge on any atom is -0.480 e. The van der Waals surface area contributed by atoms with Crippen molar-refractivity contribution in [2.24, 2.45) is 5.92 Å². The van der Waals surface area contributed by atoms with E-state index < -0.39 is 12.0 Å². The Kier molecular flexibility index (Phi) is 5.31. The first-order valence-electron chi connectivity index (χ1n) is 8.77. The third kappa shape index (κ3) is 3.87. The fraction of sp³-hybridized carbons (Fsp3) is 0.444. The number of thiophene rings is 1. The highest BCUT2D eigenvalue weighted by Gasteiger charge is 2.31. The standard InChI is InChI=1S/C18H23N5O3S/c1-8(2)14(17(25)26)22-16(24)13-5-4-12(27-13)9(3)10-6-20-15-11(10)7-21-18(19)23-15/h4-5,7-10,14H,6H2,1-3H3,(H,22,24)(H,25,26)(H3,19,20,21,23)/t9?,10?,14-/m0/s1. The minimum absolute atomic E-state index is 0.151. The van der Waals surface area contributed by atoms with Crippen molar-refractivity contribution in [2.45, 2.75) is 38.6 Å². The van der Waals surface area contributed by atoms with Crippen molar-refractivity contribution in [3.05, 3.63) is 33.6 Å². The summed E-state index contributed by atoms with van der Waals surface area (Å²) in [6.07, 6.45) is 1.75. The van der Waals surface area contributed by atoms with Gasteiger partial charge in [0.25, 0.3) is 5.91 Å². The zero-order valence-electron chi connectivity index (χ0n) is 15.4. The van der Waals surface area contributed by atoms with Gasteiger partial charge in [-0.1, -0.05) is 20.8 Å². The Morgan fingerprint density at radius 3 is 2.78 bits per heavy atom. The number of hydrogen-bond donors (Lipinski definition) is 4. The first-order chi connectivity index (χ1) is 12.8. The molecule has 3 heterocycles. The summed E-state index contributed by atoms with van der Waals surface area (Å²) in [5.74, 6) is -0.260. The van der Waals surface area contributed by atoms with Gasteiger partial charge in [-0.2, -0.15) is 4.98 Å². The predicted molar refractivity (Wildman–Crippen MR) is 104 cm³/mol. The number of nitrogens with zero attached hydrogens (tertiary/aromatic N) is 2. The van der Waals surface area contributed by atoms with Crippen LogP contribution in [0.25, 0.3) is 0 Å². The molecule has 5 N–H and O–H groups in total. The van der Waals surface area contributed by atoms with E-state index in [2.05, 4.69) is 27.5 Å². The van der Waals surface area contributed by atoms with Gasteiger partial charge in [0.05, 0.1) is 4.88 Å². The van der Waals surface area contributed by atoms with Gasteiger partial charge in [-0.25, -0.2) is 9.78 Å². The number of amides is 1. The summed E-state index contributed by atoms with van der Waals surface area (Å²) in [6, 6.07) is 2.76. The number of rotatable bonds is 6. The summed E-state index contributed by atoms with van der Waals surface area (Å²) in [6.45, 7) is 6.35. The van der Waals surface area contributed by atoms with Crippen molar-refractivity contribution in [1.82, 2.24) is 15.3 Å². The number of carboxylic acid groups (broad SMARTS) is 1. The molecule has 0 spiro atoms. The van der Waals surface area contributed by atoms with E-state index in [0.717, 1.165) is 22.8 Å². The Morgan fingerprint density at radius 1 is 1.37 bits per heavy atom. The van der Waals surface area contributed by atoms with Gasteiger partial charge in [0.2, 0.25) is 5.95 Å². The van der Waals surface area contributed by atoms with Crippen molar-refractivity contribution in [3.63, 3.8) is 0 Å². The molecule has 2 aromatic heterocycles. The molecule has 3 rings (SSSR count). The summed E-state index contributed by atoms with van der Waals surface area (Å²) in [5.41, 5.74) is 6.65. The lowest BCUT2D eigenvalue weighted by molar-refractivity contribution is -0.140. The van der Waals surface area contributed by atoms with Crippen LogP contribution in [0.15, 0.2) is 18.3 Å². The lowest BCUT2D eigenvalue weighted by Gasteiger charge is -2.18. The second-order valence-electron chi connectivity index (χ2n) is 7.04. The van der Waals surface area contributed by atoms with Crippen LogP contribution in [0.1, 0.15) is 52.7 Å². The van der Waals surface area contributed by atoms with Crippen molar-refractivity contribution < 1.29 is 14.7 Å². The van der Waals surface area contributed by atoms with Gasteiger partial charge in [-0.3, -0.25) is 4.79 Å². The number of hydrogen-bond acceptors (Lipinski definition) is 7. The molecule has 1 aliphatic heterocycles. The molecule has 144 valence electrons. The fourth-order valence-electron chi connectivity index (χ4n) is 3.22. The fourth-order valence-corrected chi connectivity index (χ4v) is 4.25. The average molecular weight is 389 g/mol. The highest BCUT2D eigenvalue weighted by Crippen LogP contribution is 2.41. The van der Waals surface area contributed by atoms with E-state index in [4.69, 9.17) is 5.73 Å². The summed E-state index contributed by atoms with van der Waals surface area (Å²) in [4.78, 5) is 33.6. The lowest BCUT2D eigenvalue weighted by Crippen LogP contribution is -2.44. The van der Waals surface area contributed by atoms with Crippen LogP contribution in [0.4, 0.5) is 11.8 Å². The zero-order chi connectivity index (χ0) is 19.7. The van der Waals surface area contributed by atoms with Crippen LogP contribution in [-0.2, 0) is 4.79 Å². The predicted octanol–water partition coefficient (Wildman–Crippen LogP) is 2.27. The number of fused-ring (bicyclic) bond motifs is 1. The number of nitrogens with one attached hydrogen (secondary N) is 2. The van der Waals surface area contributed by atoms with E-state index in [1.165, 1.54) is 11.3 Å². The molecule has 27 heavy (non-hydrogen) atoms. The van der Waals surface area contributed by atoms with E-state index in [-0.39, 0.29) is 29.6 Å². The molecule has 0 aromatic carbocycles. The van der Waals surface area contributed by atoms with Crippen molar-refractivity contribution in [2.75, 3.05) is 17.6 Å². The van der Waals surface area contributed by atoms with Gasteiger partial charge in [0.1, 0.15) is 11.9 Å². The number of nitrogen functional groups attached to an aromatic ring is 1. The molecule has 0 radical (unpaired) electrons. The highest BCUT2D eigenvalue weighted by molar-refractivity contribution is 7.14. The average Bonchev–Trinajstić information content (AvgIpc) is 3.25. The molecule has 9 heteroatoms. The molecule has 0 saturated carbocycles. The van der Waals surface area contributed by atoms with E-state index >= 15 is 0 Å². The normalized spacial score (nSPS) is 17.9. The Labute approximate surface area is 161 Å². The molecule has 2 unspecified atom stereocenters. The summed E-state index contributed by atoms with van der Waals surface area (Å²) in [5, 5.41) is 15.1. The van der Waals surface area contributed by atoms with Crippen molar-refractivity contribution in [3.8, 4) is 0 Å². The molecule has 3 atom stereocenters. The van der Waals surface area contributed by atoms with Crippen molar-refractivity contribution >= 4 is 35.0 Å². The quantitative estimate of drug-likeness (QED) is 0.596. The maximum atomic E-state index is 12.4. The highest BCUT2D eigenvalue weighted by atomic mass is 32.1. The number of carboxylic acids is 1. The second kappa shape index (κ2) is 7.51. The molecule has 0 bridgehead atoms. The van der Waals surface area contributed by atoms with Gasteiger partial charge in [-0.15, -0.1) is 11.3 Å². The maximum absolute atomic E-state index is 12.4. The van der Waals surface area contributed by atoms with Crippen LogP contribution in [-0.4, -0.2) is 39.5 Å². The first kappa shape index (κ1) is 19.1. The SMILES string of the molecule is CC(c1ccc(C(=O)N[C@H](C(=O)O)C(C)C)s1)C1CNc2nc(N)ncc21. The van der Waals surface area contributed by atoms with Crippen LogP contribution >= 0.6 is 11.3 Å². The minimum atomic E-state index is -1.03. The number of aliphatic carboxylic acids is 1. The van der Waals surface area contributed by atoms with E-state index in [1.54, 1.807) is 26.1 Å². The van der Waals surface area contributed by atoms with Crippen LogP contribution in [0, 0.1) is 5.92 Å². The second-order valence-corrected chi connectivity index (χ2v) is 8.16.